The highest BCUT2D eigenvalue weighted by Gasteiger charge is 2.54. The molecule has 8 nitrogen and oxygen atoms in total. The van der Waals surface area contributed by atoms with E-state index in [1.807, 2.05) is 0 Å². The second-order valence-corrected chi connectivity index (χ2v) is 7.77. The molecule has 5 rings (SSSR count). The zero-order valence-corrected chi connectivity index (χ0v) is 17.4. The maximum atomic E-state index is 13.2. The number of benzene rings is 3. The van der Waals surface area contributed by atoms with Gasteiger partial charge in [0, 0.05) is 35.4 Å². The first-order valence-electron chi connectivity index (χ1n) is 9.81. The SMILES string of the molecule is O=C1OC2(c3ccc(O)cc3Oc3cc(O)ccc32)c2cccc(NC(=S)NCCO)c21. The number of carbonyl (C=O) groups is 1. The van der Waals surface area contributed by atoms with Gasteiger partial charge in [-0.15, -0.1) is 0 Å². The fraction of sp³-hybridized carbons (Fsp3) is 0.130. The third-order valence-electron chi connectivity index (χ3n) is 5.45. The van der Waals surface area contributed by atoms with Gasteiger partial charge >= 0.3 is 5.97 Å². The van der Waals surface area contributed by atoms with Crippen molar-refractivity contribution < 1.29 is 29.6 Å². The van der Waals surface area contributed by atoms with Crippen molar-refractivity contribution in [2.24, 2.45) is 0 Å². The maximum absolute atomic E-state index is 13.2. The molecule has 0 fully saturated rings. The fourth-order valence-corrected chi connectivity index (χ4v) is 4.40. The van der Waals surface area contributed by atoms with Crippen LogP contribution < -0.4 is 15.4 Å². The molecule has 0 atom stereocenters. The molecule has 2 heterocycles. The maximum Gasteiger partial charge on any atom is 0.342 e. The summed E-state index contributed by atoms with van der Waals surface area (Å²) in [5.74, 6) is 0.0306. The first-order chi connectivity index (χ1) is 15.4. The Morgan fingerprint density at radius 3 is 2.25 bits per heavy atom. The van der Waals surface area contributed by atoms with E-state index in [1.54, 1.807) is 30.3 Å². The van der Waals surface area contributed by atoms with Gasteiger partial charge in [0.2, 0.25) is 0 Å². The summed E-state index contributed by atoms with van der Waals surface area (Å²) in [6.45, 7) is 0.174. The van der Waals surface area contributed by atoms with Crippen LogP contribution in [0.15, 0.2) is 54.6 Å². The van der Waals surface area contributed by atoms with Crippen LogP contribution in [0.2, 0.25) is 0 Å². The minimum Gasteiger partial charge on any atom is -0.508 e. The first-order valence-corrected chi connectivity index (χ1v) is 10.2. The molecule has 2 aliphatic rings. The number of thiocarbonyl (C=S) groups is 1. The van der Waals surface area contributed by atoms with Crippen molar-refractivity contribution in [1.29, 1.82) is 0 Å². The minimum absolute atomic E-state index is 0.0113. The first kappa shape index (κ1) is 20.1. The Morgan fingerprint density at radius 1 is 0.969 bits per heavy atom. The van der Waals surface area contributed by atoms with E-state index in [-0.39, 0.29) is 29.8 Å². The Bertz CT molecular complexity index is 1220. The van der Waals surface area contributed by atoms with Gasteiger partial charge in [-0.05, 0) is 42.5 Å². The van der Waals surface area contributed by atoms with Gasteiger partial charge in [-0.2, -0.15) is 0 Å². The van der Waals surface area contributed by atoms with Crippen molar-refractivity contribution in [3.8, 4) is 23.0 Å². The third-order valence-corrected chi connectivity index (χ3v) is 5.69. The molecule has 162 valence electrons. The summed E-state index contributed by atoms with van der Waals surface area (Å²) < 4.78 is 12.0. The molecular weight excluding hydrogens is 432 g/mol. The van der Waals surface area contributed by atoms with Gasteiger partial charge in [-0.3, -0.25) is 0 Å². The number of aromatic hydroxyl groups is 2. The number of aliphatic hydroxyl groups is 1. The van der Waals surface area contributed by atoms with E-state index in [4.69, 9.17) is 26.8 Å². The highest BCUT2D eigenvalue weighted by atomic mass is 32.1. The zero-order chi connectivity index (χ0) is 22.5. The Hall–Kier alpha value is -3.82. The van der Waals surface area contributed by atoms with Crippen LogP contribution in [0.1, 0.15) is 27.0 Å². The van der Waals surface area contributed by atoms with Crippen LogP contribution in [-0.2, 0) is 10.3 Å². The summed E-state index contributed by atoms with van der Waals surface area (Å²) in [6.07, 6.45) is 0. The van der Waals surface area contributed by atoms with Gasteiger partial charge in [0.25, 0.3) is 0 Å². The minimum atomic E-state index is -1.34. The molecule has 0 radical (unpaired) electrons. The lowest BCUT2D eigenvalue weighted by molar-refractivity contribution is 0.0224. The fourth-order valence-electron chi connectivity index (χ4n) is 4.19. The summed E-state index contributed by atoms with van der Waals surface area (Å²) in [5.41, 5.74) is 1.07. The molecule has 0 bridgehead atoms. The molecule has 32 heavy (non-hydrogen) atoms. The van der Waals surface area contributed by atoms with E-state index in [2.05, 4.69) is 10.6 Å². The molecule has 0 saturated carbocycles. The molecule has 1 spiro atoms. The van der Waals surface area contributed by atoms with Crippen molar-refractivity contribution in [3.05, 3.63) is 76.9 Å². The number of nitrogens with one attached hydrogen (secondary N) is 2. The summed E-state index contributed by atoms with van der Waals surface area (Å²) in [7, 11) is 0. The van der Waals surface area contributed by atoms with Crippen molar-refractivity contribution in [3.63, 3.8) is 0 Å². The monoisotopic (exact) mass is 450 g/mol. The smallest absolute Gasteiger partial charge is 0.342 e. The second kappa shape index (κ2) is 7.40. The zero-order valence-electron chi connectivity index (χ0n) is 16.6. The predicted molar refractivity (Wildman–Crippen MR) is 119 cm³/mol. The lowest BCUT2D eigenvalue weighted by Gasteiger charge is -2.36. The van der Waals surface area contributed by atoms with Gasteiger partial charge < -0.3 is 35.4 Å². The molecule has 3 aromatic rings. The molecule has 0 aliphatic carbocycles. The van der Waals surface area contributed by atoms with E-state index >= 15 is 0 Å². The number of phenolic OH excluding ortho intramolecular Hbond substituents is 2. The molecule has 0 aromatic heterocycles. The highest BCUT2D eigenvalue weighted by molar-refractivity contribution is 7.80. The molecule has 9 heteroatoms. The van der Waals surface area contributed by atoms with Crippen LogP contribution in [-0.4, -0.2) is 39.6 Å². The lowest BCUT2D eigenvalue weighted by Crippen LogP contribution is -2.33. The lowest BCUT2D eigenvalue weighted by atomic mass is 9.77. The van der Waals surface area contributed by atoms with E-state index in [0.29, 0.717) is 39.4 Å². The predicted octanol–water partition coefficient (Wildman–Crippen LogP) is 2.94. The standard InChI is InChI=1S/C23H18N2O6S/c26-9-8-24-22(32)25-17-3-1-2-16-20(17)21(29)31-23(16)14-6-4-12(27)10-18(14)30-19-11-13(28)5-7-15(19)23/h1-7,10-11,26-28H,8-9H2,(H2,24,25,32). The summed E-state index contributed by atoms with van der Waals surface area (Å²) in [5, 5.41) is 35.1. The average molecular weight is 450 g/mol. The number of aliphatic hydroxyl groups excluding tert-OH is 1. The Morgan fingerprint density at radius 2 is 1.62 bits per heavy atom. The number of carbonyl (C=O) groups excluding carboxylic acids is 1. The molecule has 5 N–H and O–H groups in total. The van der Waals surface area contributed by atoms with Crippen molar-refractivity contribution in [2.75, 3.05) is 18.5 Å². The quantitative estimate of drug-likeness (QED) is 0.303. The second-order valence-electron chi connectivity index (χ2n) is 7.37. The van der Waals surface area contributed by atoms with E-state index in [0.717, 1.165) is 0 Å². The molecular formula is C23H18N2O6S. The Labute approximate surface area is 188 Å². The molecule has 2 aliphatic heterocycles. The Balaban J connectivity index is 1.72. The van der Waals surface area contributed by atoms with Crippen LogP contribution >= 0.6 is 12.2 Å². The third kappa shape index (κ3) is 2.94. The Kier molecular flexibility index (Phi) is 4.65. The van der Waals surface area contributed by atoms with Gasteiger partial charge in [0.05, 0.1) is 17.9 Å². The number of ether oxygens (including phenoxy) is 2. The van der Waals surface area contributed by atoms with Gasteiger partial charge in [-0.1, -0.05) is 12.1 Å². The van der Waals surface area contributed by atoms with E-state index in [1.165, 1.54) is 24.3 Å². The number of esters is 1. The highest BCUT2D eigenvalue weighted by Crippen LogP contribution is 2.57. The topological polar surface area (TPSA) is 120 Å². The van der Waals surface area contributed by atoms with Crippen LogP contribution in [0.3, 0.4) is 0 Å². The van der Waals surface area contributed by atoms with E-state index in [9.17, 15) is 15.0 Å². The van der Waals surface area contributed by atoms with Gasteiger partial charge in [0.15, 0.2) is 10.7 Å². The van der Waals surface area contributed by atoms with Crippen LogP contribution in [0.4, 0.5) is 5.69 Å². The summed E-state index contributed by atoms with van der Waals surface area (Å²) >= 11 is 5.25. The van der Waals surface area contributed by atoms with Crippen LogP contribution in [0.25, 0.3) is 0 Å². The molecule has 0 amide bonds. The number of anilines is 1. The largest absolute Gasteiger partial charge is 0.508 e. The summed E-state index contributed by atoms with van der Waals surface area (Å²) in [6, 6.07) is 14.4. The van der Waals surface area contributed by atoms with E-state index < -0.39 is 11.6 Å². The number of fused-ring (bicyclic) bond motifs is 6. The normalized spacial score (nSPS) is 14.6. The number of rotatable bonds is 3. The number of hydrogen-bond donors (Lipinski definition) is 5. The number of hydrogen-bond acceptors (Lipinski definition) is 7. The van der Waals surface area contributed by atoms with Crippen molar-refractivity contribution in [1.82, 2.24) is 5.32 Å². The molecule has 3 aromatic carbocycles. The van der Waals surface area contributed by atoms with Gasteiger partial charge in [-0.25, -0.2) is 4.79 Å². The van der Waals surface area contributed by atoms with Crippen molar-refractivity contribution in [2.45, 2.75) is 5.60 Å². The van der Waals surface area contributed by atoms with Crippen molar-refractivity contribution >= 4 is 29.0 Å². The number of phenols is 2. The molecule has 0 unspecified atom stereocenters. The van der Waals surface area contributed by atoms with Crippen LogP contribution in [0.5, 0.6) is 23.0 Å². The average Bonchev–Trinajstić information content (AvgIpc) is 3.05. The van der Waals surface area contributed by atoms with Crippen LogP contribution in [0, 0.1) is 0 Å². The summed E-state index contributed by atoms with van der Waals surface area (Å²) in [4.78, 5) is 13.2. The molecule has 0 saturated heterocycles. The van der Waals surface area contributed by atoms with Gasteiger partial charge in [0.1, 0.15) is 23.0 Å².